The van der Waals surface area contributed by atoms with E-state index in [9.17, 15) is 4.79 Å². The lowest BCUT2D eigenvalue weighted by atomic mass is 10.1. The van der Waals surface area contributed by atoms with Gasteiger partial charge < -0.3 is 19.3 Å². The molecule has 134 valence electrons. The molecule has 0 spiro atoms. The first-order chi connectivity index (χ1) is 12.6. The summed E-state index contributed by atoms with van der Waals surface area (Å²) < 4.78 is 15.6. The van der Waals surface area contributed by atoms with Crippen molar-refractivity contribution in [2.75, 3.05) is 14.2 Å². The van der Waals surface area contributed by atoms with E-state index < -0.39 is 0 Å². The Balaban J connectivity index is 1.66. The van der Waals surface area contributed by atoms with E-state index in [0.717, 1.165) is 11.1 Å². The number of amides is 1. The van der Waals surface area contributed by atoms with Gasteiger partial charge in [-0.15, -0.1) is 0 Å². The zero-order valence-electron chi connectivity index (χ0n) is 14.8. The first-order valence-corrected chi connectivity index (χ1v) is 8.00. The third-order valence-corrected chi connectivity index (χ3v) is 3.82. The summed E-state index contributed by atoms with van der Waals surface area (Å²) in [7, 11) is 3.06. The molecule has 0 aliphatic heterocycles. The summed E-state index contributed by atoms with van der Waals surface area (Å²) in [6, 6.07) is 12.7. The van der Waals surface area contributed by atoms with Gasteiger partial charge in [0.1, 0.15) is 0 Å². The second-order valence-electron chi connectivity index (χ2n) is 5.63. The Kier molecular flexibility index (Phi) is 5.17. The molecular weight excluding hydrogens is 334 g/mol. The fourth-order valence-electron chi connectivity index (χ4n) is 2.38. The number of rotatable bonds is 6. The minimum atomic E-state index is -0.277. The van der Waals surface area contributed by atoms with Crippen LogP contribution < -0.4 is 14.8 Å². The number of hydrogen-bond donors (Lipinski definition) is 1. The lowest BCUT2D eigenvalue weighted by Crippen LogP contribution is -2.23. The van der Waals surface area contributed by atoms with E-state index in [1.165, 1.54) is 7.11 Å². The SMILES string of the molecule is COc1ccc(C(=O)NCc2nc(-c3ccc(C)cc3)no2)cc1OC. The summed E-state index contributed by atoms with van der Waals surface area (Å²) in [5.74, 6) is 1.58. The topological polar surface area (TPSA) is 86.5 Å². The molecule has 0 radical (unpaired) electrons. The summed E-state index contributed by atoms with van der Waals surface area (Å²) in [6.45, 7) is 2.14. The molecule has 7 heteroatoms. The van der Waals surface area contributed by atoms with Crippen LogP contribution in [0.4, 0.5) is 0 Å². The van der Waals surface area contributed by atoms with Gasteiger partial charge in [-0.25, -0.2) is 0 Å². The first-order valence-electron chi connectivity index (χ1n) is 8.00. The fraction of sp³-hybridized carbons (Fsp3) is 0.211. The third-order valence-electron chi connectivity index (χ3n) is 3.82. The van der Waals surface area contributed by atoms with Crippen LogP contribution in [0.2, 0.25) is 0 Å². The Labute approximate surface area is 150 Å². The van der Waals surface area contributed by atoms with Crippen LogP contribution in [0.3, 0.4) is 0 Å². The lowest BCUT2D eigenvalue weighted by molar-refractivity contribution is 0.0946. The molecule has 0 saturated heterocycles. The molecule has 0 unspecified atom stereocenters. The highest BCUT2D eigenvalue weighted by molar-refractivity contribution is 5.94. The molecule has 1 heterocycles. The summed E-state index contributed by atoms with van der Waals surface area (Å²) >= 11 is 0. The van der Waals surface area contributed by atoms with Gasteiger partial charge in [0.05, 0.1) is 20.8 Å². The van der Waals surface area contributed by atoms with Crippen molar-refractivity contribution in [3.05, 3.63) is 59.5 Å². The average Bonchev–Trinajstić information content (AvgIpc) is 3.15. The molecule has 1 amide bonds. The normalized spacial score (nSPS) is 10.4. The number of ether oxygens (including phenoxy) is 2. The van der Waals surface area contributed by atoms with Crippen molar-refractivity contribution in [3.8, 4) is 22.9 Å². The predicted molar refractivity (Wildman–Crippen MR) is 95.2 cm³/mol. The number of methoxy groups -OCH3 is 2. The van der Waals surface area contributed by atoms with E-state index in [1.807, 2.05) is 31.2 Å². The molecule has 3 aromatic rings. The smallest absolute Gasteiger partial charge is 0.251 e. The zero-order chi connectivity index (χ0) is 18.5. The fourth-order valence-corrected chi connectivity index (χ4v) is 2.38. The number of nitrogens with one attached hydrogen (secondary N) is 1. The van der Waals surface area contributed by atoms with Crippen LogP contribution in [-0.4, -0.2) is 30.3 Å². The highest BCUT2D eigenvalue weighted by atomic mass is 16.5. The molecule has 7 nitrogen and oxygen atoms in total. The standard InChI is InChI=1S/C19H19N3O4/c1-12-4-6-13(7-5-12)18-21-17(26-22-18)11-20-19(23)14-8-9-15(24-2)16(10-14)25-3/h4-10H,11H2,1-3H3,(H,20,23). The average molecular weight is 353 g/mol. The van der Waals surface area contributed by atoms with Gasteiger partial charge in [0.2, 0.25) is 11.7 Å². The van der Waals surface area contributed by atoms with Crippen molar-refractivity contribution in [1.82, 2.24) is 15.5 Å². The maximum absolute atomic E-state index is 12.3. The number of aryl methyl sites for hydroxylation is 1. The maximum atomic E-state index is 12.3. The molecule has 1 N–H and O–H groups in total. The van der Waals surface area contributed by atoms with E-state index >= 15 is 0 Å². The number of benzene rings is 2. The summed E-state index contributed by atoms with van der Waals surface area (Å²) in [4.78, 5) is 16.6. The van der Waals surface area contributed by atoms with Crippen LogP contribution in [0.15, 0.2) is 47.0 Å². The van der Waals surface area contributed by atoms with Crippen molar-refractivity contribution >= 4 is 5.91 Å². The second-order valence-corrected chi connectivity index (χ2v) is 5.63. The van der Waals surface area contributed by atoms with Crippen LogP contribution in [0.25, 0.3) is 11.4 Å². The molecule has 2 aromatic carbocycles. The molecule has 0 aliphatic rings. The second kappa shape index (κ2) is 7.69. The van der Waals surface area contributed by atoms with Gasteiger partial charge in [-0.2, -0.15) is 4.98 Å². The summed E-state index contributed by atoms with van der Waals surface area (Å²) in [5, 5.41) is 6.69. The summed E-state index contributed by atoms with van der Waals surface area (Å²) in [5.41, 5.74) is 2.46. The highest BCUT2D eigenvalue weighted by Gasteiger charge is 2.13. The van der Waals surface area contributed by atoms with E-state index in [4.69, 9.17) is 14.0 Å². The van der Waals surface area contributed by atoms with E-state index in [2.05, 4.69) is 15.5 Å². The Hall–Kier alpha value is -3.35. The molecule has 0 fully saturated rings. The number of hydrogen-bond acceptors (Lipinski definition) is 6. The van der Waals surface area contributed by atoms with Gasteiger partial charge in [-0.05, 0) is 25.1 Å². The molecule has 0 saturated carbocycles. The molecule has 0 atom stereocenters. The third kappa shape index (κ3) is 3.83. The Bertz CT molecular complexity index is 903. The van der Waals surface area contributed by atoms with E-state index in [1.54, 1.807) is 25.3 Å². The van der Waals surface area contributed by atoms with Crippen molar-refractivity contribution in [3.63, 3.8) is 0 Å². The van der Waals surface area contributed by atoms with Gasteiger partial charge in [0, 0.05) is 11.1 Å². The Morgan fingerprint density at radius 1 is 1.08 bits per heavy atom. The van der Waals surface area contributed by atoms with Crippen molar-refractivity contribution in [1.29, 1.82) is 0 Å². The first kappa shape index (κ1) is 17.5. The van der Waals surface area contributed by atoms with Crippen LogP contribution >= 0.6 is 0 Å². The molecular formula is C19H19N3O4. The molecule has 26 heavy (non-hydrogen) atoms. The quantitative estimate of drug-likeness (QED) is 0.733. The van der Waals surface area contributed by atoms with Gasteiger partial charge in [-0.3, -0.25) is 4.79 Å². The molecule has 0 bridgehead atoms. The molecule has 3 rings (SSSR count). The van der Waals surface area contributed by atoms with Crippen LogP contribution in [-0.2, 0) is 6.54 Å². The van der Waals surface area contributed by atoms with Crippen LogP contribution in [0.1, 0.15) is 21.8 Å². The minimum absolute atomic E-state index is 0.131. The predicted octanol–water partition coefficient (Wildman–Crippen LogP) is 2.99. The number of carbonyl (C=O) groups excluding carboxylic acids is 1. The Morgan fingerprint density at radius 3 is 2.50 bits per heavy atom. The van der Waals surface area contributed by atoms with Crippen LogP contribution in [0.5, 0.6) is 11.5 Å². The lowest BCUT2D eigenvalue weighted by Gasteiger charge is -2.09. The van der Waals surface area contributed by atoms with Crippen molar-refractivity contribution < 1.29 is 18.8 Å². The van der Waals surface area contributed by atoms with Gasteiger partial charge in [-0.1, -0.05) is 35.0 Å². The Morgan fingerprint density at radius 2 is 1.81 bits per heavy atom. The minimum Gasteiger partial charge on any atom is -0.493 e. The number of carbonyl (C=O) groups is 1. The molecule has 1 aromatic heterocycles. The number of nitrogens with zero attached hydrogens (tertiary/aromatic N) is 2. The van der Waals surface area contributed by atoms with Gasteiger partial charge in [0.15, 0.2) is 11.5 Å². The number of aromatic nitrogens is 2. The van der Waals surface area contributed by atoms with Crippen LogP contribution in [0, 0.1) is 6.92 Å². The van der Waals surface area contributed by atoms with Gasteiger partial charge in [0.25, 0.3) is 5.91 Å². The van der Waals surface area contributed by atoms with E-state index in [-0.39, 0.29) is 12.5 Å². The zero-order valence-corrected chi connectivity index (χ0v) is 14.8. The monoisotopic (exact) mass is 353 g/mol. The summed E-state index contributed by atoms with van der Waals surface area (Å²) in [6.07, 6.45) is 0. The highest BCUT2D eigenvalue weighted by Crippen LogP contribution is 2.27. The van der Waals surface area contributed by atoms with Gasteiger partial charge >= 0.3 is 0 Å². The van der Waals surface area contributed by atoms with Crippen molar-refractivity contribution in [2.24, 2.45) is 0 Å². The molecule has 0 aliphatic carbocycles. The van der Waals surface area contributed by atoms with E-state index in [0.29, 0.717) is 28.8 Å². The maximum Gasteiger partial charge on any atom is 0.251 e. The largest absolute Gasteiger partial charge is 0.493 e. The van der Waals surface area contributed by atoms with Crippen molar-refractivity contribution in [2.45, 2.75) is 13.5 Å².